The second-order valence-electron chi connectivity index (χ2n) is 7.11. The van der Waals surface area contributed by atoms with Gasteiger partial charge in [-0.2, -0.15) is 0 Å². The molecule has 0 unspecified atom stereocenters. The summed E-state index contributed by atoms with van der Waals surface area (Å²) < 4.78 is 1.78. The highest BCUT2D eigenvalue weighted by atomic mass is 16.1. The summed E-state index contributed by atoms with van der Waals surface area (Å²) in [6.07, 6.45) is 0. The van der Waals surface area contributed by atoms with E-state index in [0.717, 1.165) is 22.2 Å². The standard InChI is InChI=1S/C22H25N3O2/c1-14(2)13-25-19(12-23)20(16-8-5-4-6-9-16)21-17(22(25)27)10-7-11-18(21)24-15(3)26/h4-11,14H,12-13,23H2,1-3H3,(H,24,26). The molecule has 1 aromatic heterocycles. The van der Waals surface area contributed by atoms with E-state index >= 15 is 0 Å². The van der Waals surface area contributed by atoms with Crippen LogP contribution in [0.5, 0.6) is 0 Å². The number of benzene rings is 2. The van der Waals surface area contributed by atoms with Crippen LogP contribution in [0.3, 0.4) is 0 Å². The van der Waals surface area contributed by atoms with Gasteiger partial charge in [0.2, 0.25) is 5.91 Å². The van der Waals surface area contributed by atoms with Crippen molar-refractivity contribution < 1.29 is 4.79 Å². The Morgan fingerprint density at radius 3 is 2.41 bits per heavy atom. The lowest BCUT2D eigenvalue weighted by molar-refractivity contribution is -0.114. The van der Waals surface area contributed by atoms with Crippen molar-refractivity contribution in [3.8, 4) is 11.1 Å². The molecule has 0 radical (unpaired) electrons. The third kappa shape index (κ3) is 3.64. The summed E-state index contributed by atoms with van der Waals surface area (Å²) in [6.45, 7) is 6.44. The number of hydrogen-bond donors (Lipinski definition) is 2. The SMILES string of the molecule is CC(=O)Nc1cccc2c(=O)n(CC(C)C)c(CN)c(-c3ccccc3)c12. The number of pyridine rings is 1. The predicted molar refractivity (Wildman–Crippen MR) is 111 cm³/mol. The molecular weight excluding hydrogens is 338 g/mol. The Hall–Kier alpha value is -2.92. The zero-order valence-electron chi connectivity index (χ0n) is 16.0. The number of nitrogens with two attached hydrogens (primary N) is 1. The molecule has 0 aliphatic rings. The number of carbonyl (C=O) groups is 1. The smallest absolute Gasteiger partial charge is 0.258 e. The van der Waals surface area contributed by atoms with Gasteiger partial charge in [-0.1, -0.05) is 50.2 Å². The maximum absolute atomic E-state index is 13.3. The summed E-state index contributed by atoms with van der Waals surface area (Å²) in [5.74, 6) is 0.120. The zero-order valence-corrected chi connectivity index (χ0v) is 16.0. The van der Waals surface area contributed by atoms with Gasteiger partial charge in [0.05, 0.1) is 0 Å². The predicted octanol–water partition coefficient (Wildman–Crippen LogP) is 3.74. The van der Waals surface area contributed by atoms with E-state index in [2.05, 4.69) is 19.2 Å². The van der Waals surface area contributed by atoms with Crippen LogP contribution in [0.15, 0.2) is 53.3 Å². The number of nitrogens with zero attached hydrogens (tertiary/aromatic N) is 1. The molecule has 2 aromatic carbocycles. The largest absolute Gasteiger partial charge is 0.326 e. The maximum atomic E-state index is 13.3. The minimum Gasteiger partial charge on any atom is -0.326 e. The first-order valence-electron chi connectivity index (χ1n) is 9.15. The third-order valence-corrected chi connectivity index (χ3v) is 4.52. The molecule has 3 N–H and O–H groups in total. The van der Waals surface area contributed by atoms with Crippen LogP contribution in [0.2, 0.25) is 0 Å². The van der Waals surface area contributed by atoms with E-state index in [1.54, 1.807) is 10.6 Å². The summed E-state index contributed by atoms with van der Waals surface area (Å²) in [5.41, 5.74) is 9.33. The number of rotatable bonds is 5. The normalized spacial score (nSPS) is 11.1. The third-order valence-electron chi connectivity index (χ3n) is 4.52. The topological polar surface area (TPSA) is 77.1 Å². The second kappa shape index (κ2) is 7.76. The van der Waals surface area contributed by atoms with E-state index in [0.29, 0.717) is 23.5 Å². The van der Waals surface area contributed by atoms with Crippen molar-refractivity contribution in [3.63, 3.8) is 0 Å². The fourth-order valence-corrected chi connectivity index (χ4v) is 3.53. The Balaban J connectivity index is 2.51. The zero-order chi connectivity index (χ0) is 19.6. The van der Waals surface area contributed by atoms with Crippen LogP contribution in [0, 0.1) is 5.92 Å². The average molecular weight is 363 g/mol. The van der Waals surface area contributed by atoms with Gasteiger partial charge in [-0.15, -0.1) is 0 Å². The van der Waals surface area contributed by atoms with Crippen molar-refractivity contribution >= 4 is 22.4 Å². The Morgan fingerprint density at radius 2 is 1.81 bits per heavy atom. The molecule has 3 rings (SSSR count). The lowest BCUT2D eigenvalue weighted by Gasteiger charge is -2.22. The minimum atomic E-state index is -0.179. The molecule has 0 saturated carbocycles. The first-order valence-corrected chi connectivity index (χ1v) is 9.15. The van der Waals surface area contributed by atoms with Crippen LogP contribution in [-0.2, 0) is 17.9 Å². The Labute approximate surface area is 158 Å². The van der Waals surface area contributed by atoms with Gasteiger partial charge in [0, 0.05) is 47.7 Å². The quantitative estimate of drug-likeness (QED) is 0.725. The first kappa shape index (κ1) is 18.9. The summed E-state index contributed by atoms with van der Waals surface area (Å²) in [7, 11) is 0. The molecule has 1 heterocycles. The molecule has 0 aliphatic carbocycles. The van der Waals surface area contributed by atoms with Gasteiger partial charge in [0.1, 0.15) is 0 Å². The summed E-state index contributed by atoms with van der Waals surface area (Å²) in [4.78, 5) is 25.0. The van der Waals surface area contributed by atoms with Gasteiger partial charge in [-0.25, -0.2) is 0 Å². The molecule has 0 fully saturated rings. The average Bonchev–Trinajstić information content (AvgIpc) is 2.64. The molecule has 27 heavy (non-hydrogen) atoms. The number of carbonyl (C=O) groups excluding carboxylic acids is 1. The van der Waals surface area contributed by atoms with Gasteiger partial charge in [-0.05, 0) is 23.6 Å². The van der Waals surface area contributed by atoms with Crippen LogP contribution in [0.4, 0.5) is 5.69 Å². The molecule has 0 bridgehead atoms. The highest BCUT2D eigenvalue weighted by molar-refractivity contribution is 6.09. The Bertz CT molecular complexity index is 1040. The van der Waals surface area contributed by atoms with Crippen molar-refractivity contribution in [2.45, 2.75) is 33.9 Å². The van der Waals surface area contributed by atoms with Crippen LogP contribution >= 0.6 is 0 Å². The molecule has 5 heteroatoms. The van der Waals surface area contributed by atoms with Crippen LogP contribution < -0.4 is 16.6 Å². The number of aromatic nitrogens is 1. The second-order valence-corrected chi connectivity index (χ2v) is 7.11. The number of fused-ring (bicyclic) bond motifs is 1. The summed E-state index contributed by atoms with van der Waals surface area (Å²) >= 11 is 0. The van der Waals surface area contributed by atoms with Crippen molar-refractivity contribution in [2.24, 2.45) is 11.7 Å². The van der Waals surface area contributed by atoms with Crippen LogP contribution in [-0.4, -0.2) is 10.5 Å². The summed E-state index contributed by atoms with van der Waals surface area (Å²) in [5, 5.41) is 4.19. The van der Waals surface area contributed by atoms with Gasteiger partial charge in [0.15, 0.2) is 0 Å². The van der Waals surface area contributed by atoms with Crippen molar-refractivity contribution in [1.29, 1.82) is 0 Å². The van der Waals surface area contributed by atoms with Gasteiger partial charge in [0.25, 0.3) is 5.56 Å². The number of amides is 1. The lowest BCUT2D eigenvalue weighted by atomic mass is 9.95. The van der Waals surface area contributed by atoms with E-state index in [4.69, 9.17) is 5.73 Å². The lowest BCUT2D eigenvalue weighted by Crippen LogP contribution is -2.28. The maximum Gasteiger partial charge on any atom is 0.258 e. The number of anilines is 1. The van der Waals surface area contributed by atoms with Crippen molar-refractivity contribution in [3.05, 3.63) is 64.6 Å². The molecule has 140 valence electrons. The number of nitrogens with one attached hydrogen (secondary N) is 1. The molecule has 0 aliphatic heterocycles. The molecule has 3 aromatic rings. The first-order chi connectivity index (χ1) is 12.9. The van der Waals surface area contributed by atoms with Gasteiger partial charge < -0.3 is 15.6 Å². The van der Waals surface area contributed by atoms with Gasteiger partial charge in [-0.3, -0.25) is 9.59 Å². The Kier molecular flexibility index (Phi) is 5.42. The van der Waals surface area contributed by atoms with Crippen LogP contribution in [0.1, 0.15) is 26.5 Å². The molecule has 0 spiro atoms. The van der Waals surface area contributed by atoms with E-state index in [-0.39, 0.29) is 18.0 Å². The monoisotopic (exact) mass is 363 g/mol. The highest BCUT2D eigenvalue weighted by Crippen LogP contribution is 2.35. The van der Waals surface area contributed by atoms with E-state index in [1.807, 2.05) is 42.5 Å². The minimum absolute atomic E-state index is 0.0777. The van der Waals surface area contributed by atoms with E-state index in [9.17, 15) is 9.59 Å². The molecular formula is C22H25N3O2. The van der Waals surface area contributed by atoms with E-state index < -0.39 is 0 Å². The molecule has 1 amide bonds. The van der Waals surface area contributed by atoms with E-state index in [1.165, 1.54) is 6.92 Å². The highest BCUT2D eigenvalue weighted by Gasteiger charge is 2.20. The van der Waals surface area contributed by atoms with Crippen molar-refractivity contribution in [2.75, 3.05) is 5.32 Å². The molecule has 0 saturated heterocycles. The number of hydrogen-bond acceptors (Lipinski definition) is 3. The van der Waals surface area contributed by atoms with Crippen LogP contribution in [0.25, 0.3) is 21.9 Å². The molecule has 0 atom stereocenters. The molecule has 5 nitrogen and oxygen atoms in total. The Morgan fingerprint density at radius 1 is 1.11 bits per heavy atom. The fourth-order valence-electron chi connectivity index (χ4n) is 3.53. The van der Waals surface area contributed by atoms with Crippen molar-refractivity contribution in [1.82, 2.24) is 4.57 Å². The van der Waals surface area contributed by atoms with Gasteiger partial charge >= 0.3 is 0 Å². The summed E-state index contributed by atoms with van der Waals surface area (Å²) in [6, 6.07) is 15.3. The fraction of sp³-hybridized carbons (Fsp3) is 0.273.